The Morgan fingerprint density at radius 2 is 1.62 bits per heavy atom. The first-order chi connectivity index (χ1) is 9.51. The van der Waals surface area contributed by atoms with E-state index in [1.54, 1.807) is 0 Å². The Kier molecular flexibility index (Phi) is 4.80. The predicted molar refractivity (Wildman–Crippen MR) is 95.4 cm³/mol. The van der Waals surface area contributed by atoms with Crippen molar-refractivity contribution < 1.29 is 12.7 Å². The Morgan fingerprint density at radius 1 is 1.05 bits per heavy atom. The number of allylic oxidation sites excluding steroid dienone is 2. The molecule has 2 aliphatic carbocycles. The summed E-state index contributed by atoms with van der Waals surface area (Å²) in [5.74, 6) is 0.716. The molecule has 1 saturated carbocycles. The van der Waals surface area contributed by atoms with Gasteiger partial charge in [0.1, 0.15) is 0 Å². The first-order valence-corrected chi connectivity index (χ1v) is 16.8. The van der Waals surface area contributed by atoms with Gasteiger partial charge in [0.2, 0.25) is 0 Å². The standard InChI is InChI=1S/C15H32O3Si3/c1-8-16-21(17-19(2,3)4,18-20(5,6)7)15-11-9-14(13-15)10-12-15/h9,11,14H,8,10,12-13H2,1-7H3. The van der Waals surface area contributed by atoms with Gasteiger partial charge in [0.25, 0.3) is 0 Å². The van der Waals surface area contributed by atoms with Gasteiger partial charge in [0, 0.05) is 6.61 Å². The summed E-state index contributed by atoms with van der Waals surface area (Å²) in [6, 6.07) is 0. The Balaban J connectivity index is 2.42. The molecule has 21 heavy (non-hydrogen) atoms. The second-order valence-corrected chi connectivity index (χ2v) is 20.9. The second-order valence-electron chi connectivity index (χ2n) is 8.44. The lowest BCUT2D eigenvalue weighted by atomic mass is 10.1. The van der Waals surface area contributed by atoms with Crippen LogP contribution in [0.4, 0.5) is 0 Å². The summed E-state index contributed by atoms with van der Waals surface area (Å²) in [6.07, 6.45) is 8.39. The number of rotatable bonds is 7. The highest BCUT2D eigenvalue weighted by molar-refractivity contribution is 6.87. The van der Waals surface area contributed by atoms with Crippen molar-refractivity contribution in [2.45, 2.75) is 70.5 Å². The van der Waals surface area contributed by atoms with Gasteiger partial charge in [-0.15, -0.1) is 0 Å². The zero-order valence-electron chi connectivity index (χ0n) is 14.8. The van der Waals surface area contributed by atoms with E-state index in [1.165, 1.54) is 19.3 Å². The lowest BCUT2D eigenvalue weighted by Crippen LogP contribution is -2.62. The van der Waals surface area contributed by atoms with Crippen LogP contribution in [-0.2, 0) is 12.7 Å². The van der Waals surface area contributed by atoms with Crippen LogP contribution in [0.25, 0.3) is 0 Å². The highest BCUT2D eigenvalue weighted by Gasteiger charge is 2.65. The summed E-state index contributed by atoms with van der Waals surface area (Å²) < 4.78 is 19.9. The van der Waals surface area contributed by atoms with Gasteiger partial charge in [-0.05, 0) is 71.4 Å². The molecule has 1 fully saturated rings. The lowest BCUT2D eigenvalue weighted by Gasteiger charge is -2.47. The zero-order valence-corrected chi connectivity index (χ0v) is 17.8. The van der Waals surface area contributed by atoms with Gasteiger partial charge in [0.05, 0.1) is 5.04 Å². The molecule has 6 heteroatoms. The highest BCUT2D eigenvalue weighted by atomic mass is 28.5. The number of hydrogen-bond acceptors (Lipinski definition) is 3. The molecule has 0 aromatic heterocycles. The molecule has 0 spiro atoms. The topological polar surface area (TPSA) is 27.7 Å². The predicted octanol–water partition coefficient (Wildman–Crippen LogP) is 4.78. The third-order valence-electron chi connectivity index (χ3n) is 4.10. The van der Waals surface area contributed by atoms with Crippen LogP contribution in [0.1, 0.15) is 26.2 Å². The molecule has 122 valence electrons. The van der Waals surface area contributed by atoms with Crippen molar-refractivity contribution in [3.63, 3.8) is 0 Å². The van der Waals surface area contributed by atoms with Gasteiger partial charge in [0.15, 0.2) is 16.6 Å². The van der Waals surface area contributed by atoms with Crippen molar-refractivity contribution in [2.75, 3.05) is 6.61 Å². The summed E-state index contributed by atoms with van der Waals surface area (Å²) in [6.45, 7) is 16.3. The Hall–Kier alpha value is 0.271. The van der Waals surface area contributed by atoms with Crippen molar-refractivity contribution in [1.82, 2.24) is 0 Å². The molecular formula is C15H32O3Si3. The summed E-state index contributed by atoms with van der Waals surface area (Å²) >= 11 is 0. The largest absolute Gasteiger partial charge is 0.490 e. The van der Waals surface area contributed by atoms with Gasteiger partial charge in [-0.2, -0.15) is 0 Å². The molecular weight excluding hydrogens is 312 g/mol. The van der Waals surface area contributed by atoms with Crippen molar-refractivity contribution >= 4 is 25.4 Å². The van der Waals surface area contributed by atoms with Gasteiger partial charge >= 0.3 is 8.80 Å². The van der Waals surface area contributed by atoms with Crippen LogP contribution in [0.2, 0.25) is 44.3 Å². The first kappa shape index (κ1) is 17.6. The zero-order chi connectivity index (χ0) is 15.9. The van der Waals surface area contributed by atoms with Gasteiger partial charge in [-0.1, -0.05) is 12.2 Å². The fourth-order valence-corrected chi connectivity index (χ4v) is 14.6. The Morgan fingerprint density at radius 3 is 1.90 bits per heavy atom. The number of hydrogen-bond donors (Lipinski definition) is 0. The first-order valence-electron chi connectivity index (χ1n) is 8.25. The van der Waals surface area contributed by atoms with E-state index in [2.05, 4.69) is 58.4 Å². The van der Waals surface area contributed by atoms with E-state index < -0.39 is 25.4 Å². The second kappa shape index (κ2) is 5.72. The van der Waals surface area contributed by atoms with E-state index >= 15 is 0 Å². The van der Waals surface area contributed by atoms with Crippen LogP contribution < -0.4 is 0 Å². The van der Waals surface area contributed by atoms with E-state index in [0.717, 1.165) is 0 Å². The van der Waals surface area contributed by atoms with Crippen LogP contribution in [0.3, 0.4) is 0 Å². The van der Waals surface area contributed by atoms with Crippen molar-refractivity contribution in [3.05, 3.63) is 12.2 Å². The molecule has 0 N–H and O–H groups in total. The van der Waals surface area contributed by atoms with Crippen LogP contribution in [0.5, 0.6) is 0 Å². The van der Waals surface area contributed by atoms with Crippen molar-refractivity contribution in [1.29, 1.82) is 0 Å². The van der Waals surface area contributed by atoms with Gasteiger partial charge in [-0.25, -0.2) is 0 Å². The third kappa shape index (κ3) is 3.79. The fraction of sp³-hybridized carbons (Fsp3) is 0.867. The molecule has 0 saturated heterocycles. The van der Waals surface area contributed by atoms with Gasteiger partial charge in [-0.3, -0.25) is 0 Å². The van der Waals surface area contributed by atoms with Crippen LogP contribution in [-0.4, -0.2) is 32.0 Å². The maximum atomic E-state index is 6.76. The quantitative estimate of drug-likeness (QED) is 0.491. The van der Waals surface area contributed by atoms with E-state index in [4.69, 9.17) is 12.7 Å². The molecule has 2 unspecified atom stereocenters. The summed E-state index contributed by atoms with van der Waals surface area (Å²) in [5, 5.41) is 0.0498. The Labute approximate surface area is 133 Å². The van der Waals surface area contributed by atoms with Crippen molar-refractivity contribution in [2.24, 2.45) is 5.92 Å². The van der Waals surface area contributed by atoms with E-state index in [1.807, 2.05) is 0 Å². The minimum Gasteiger partial charge on any atom is -0.416 e. The van der Waals surface area contributed by atoms with E-state index in [9.17, 15) is 0 Å². The van der Waals surface area contributed by atoms with Crippen LogP contribution >= 0.6 is 0 Å². The summed E-state index contributed by atoms with van der Waals surface area (Å²) in [5.41, 5.74) is 0. The molecule has 0 aliphatic heterocycles. The SMILES string of the molecule is CCO[Si](O[Si](C)(C)C)(O[Si](C)(C)C)C12C=CC(CC1)C2. The molecule has 0 radical (unpaired) electrons. The molecule has 2 bridgehead atoms. The summed E-state index contributed by atoms with van der Waals surface area (Å²) in [4.78, 5) is 0. The normalized spacial score (nSPS) is 29.4. The number of fused-ring (bicyclic) bond motifs is 2. The lowest BCUT2D eigenvalue weighted by molar-refractivity contribution is 0.143. The monoisotopic (exact) mass is 344 g/mol. The van der Waals surface area contributed by atoms with Crippen LogP contribution in [0.15, 0.2) is 12.2 Å². The third-order valence-corrected chi connectivity index (χ3v) is 13.7. The summed E-state index contributed by atoms with van der Waals surface area (Å²) in [7, 11) is -6.19. The minimum absolute atomic E-state index is 0.0498. The molecule has 0 aromatic carbocycles. The molecule has 0 aromatic rings. The fourth-order valence-electron chi connectivity index (χ4n) is 3.55. The molecule has 2 rings (SSSR count). The molecule has 0 heterocycles. The molecule has 3 nitrogen and oxygen atoms in total. The maximum absolute atomic E-state index is 6.76. The average Bonchev–Trinajstić information content (AvgIpc) is 2.85. The minimum atomic E-state index is -2.71. The Bertz CT molecular complexity index is 395. The molecule has 2 aliphatic rings. The van der Waals surface area contributed by atoms with Crippen molar-refractivity contribution in [3.8, 4) is 0 Å². The molecule has 2 atom stereocenters. The average molecular weight is 345 g/mol. The van der Waals surface area contributed by atoms with Gasteiger partial charge < -0.3 is 12.7 Å². The van der Waals surface area contributed by atoms with E-state index in [0.29, 0.717) is 12.5 Å². The molecule has 0 amide bonds. The maximum Gasteiger partial charge on any atom is 0.490 e. The smallest absolute Gasteiger partial charge is 0.416 e. The van der Waals surface area contributed by atoms with Crippen LogP contribution in [0, 0.1) is 5.92 Å². The highest BCUT2D eigenvalue weighted by Crippen LogP contribution is 2.61. The van der Waals surface area contributed by atoms with E-state index in [-0.39, 0.29) is 5.04 Å².